The number of halogens is 4. The molecule has 0 aliphatic rings. The van der Waals surface area contributed by atoms with Gasteiger partial charge in [-0.15, -0.1) is 0 Å². The van der Waals surface area contributed by atoms with Gasteiger partial charge in [0.15, 0.2) is 23.0 Å². The van der Waals surface area contributed by atoms with Gasteiger partial charge >= 0.3 is 5.69 Å². The molecule has 11 heteroatoms. The molecule has 29 heavy (non-hydrogen) atoms. The lowest BCUT2D eigenvalue weighted by molar-refractivity contribution is 0.151. The summed E-state index contributed by atoms with van der Waals surface area (Å²) in [6, 6.07) is 6.06. The largest absolute Gasteiger partial charge is 0.482 e. The molecule has 0 fully saturated rings. The van der Waals surface area contributed by atoms with Crippen LogP contribution in [0.4, 0.5) is 18.9 Å². The highest BCUT2D eigenvalue weighted by molar-refractivity contribution is 9.10. The first-order chi connectivity index (χ1) is 13.8. The molecule has 0 aliphatic carbocycles. The second kappa shape index (κ2) is 8.40. The fourth-order valence-corrected chi connectivity index (χ4v) is 2.73. The van der Waals surface area contributed by atoms with Gasteiger partial charge in [0.05, 0.1) is 11.0 Å². The van der Waals surface area contributed by atoms with Crippen molar-refractivity contribution in [3.05, 3.63) is 73.9 Å². The monoisotopic (exact) mass is 468 g/mol. The zero-order chi connectivity index (χ0) is 21.1. The lowest BCUT2D eigenvalue weighted by Gasteiger charge is -2.14. The number of alkyl halides is 2. The summed E-state index contributed by atoms with van der Waals surface area (Å²) in [7, 11) is 1.47. The summed E-state index contributed by atoms with van der Waals surface area (Å²) < 4.78 is 53.2. The average Bonchev–Trinajstić information content (AvgIpc) is 3.02. The summed E-state index contributed by atoms with van der Waals surface area (Å²) in [5, 5.41) is 5.98. The minimum atomic E-state index is -2.82. The van der Waals surface area contributed by atoms with Crippen LogP contribution in [-0.4, -0.2) is 14.8 Å². The van der Waals surface area contributed by atoms with Crippen molar-refractivity contribution in [2.75, 3.05) is 0 Å². The molecule has 7 nitrogen and oxygen atoms in total. The highest BCUT2D eigenvalue weighted by atomic mass is 79.9. The fourth-order valence-electron chi connectivity index (χ4n) is 2.34. The van der Waals surface area contributed by atoms with E-state index in [-0.39, 0.29) is 39.8 Å². The smallest absolute Gasteiger partial charge is 0.343 e. The molecule has 3 aromatic rings. The Hall–Kier alpha value is -3.26. The molecule has 3 rings (SSSR count). The van der Waals surface area contributed by atoms with Gasteiger partial charge in [0.1, 0.15) is 12.4 Å². The number of aromatic nitrogens is 3. The number of H-pyrrole nitrogens is 1. The molecule has 150 valence electrons. The molecule has 0 radical (unpaired) electrons. The topological polar surface area (TPSA) is 73.5 Å². The number of rotatable bonds is 6. The molecule has 0 atom stereocenters. The van der Waals surface area contributed by atoms with Crippen LogP contribution in [0, 0.1) is 12.4 Å². The number of hydrogen-bond donors (Lipinski definition) is 1. The Morgan fingerprint density at radius 2 is 2.10 bits per heavy atom. The second-order valence-corrected chi connectivity index (χ2v) is 6.61. The highest BCUT2D eigenvalue weighted by Crippen LogP contribution is 2.39. The van der Waals surface area contributed by atoms with E-state index in [0.29, 0.717) is 0 Å². The minimum absolute atomic E-state index is 0.0683. The molecule has 0 aliphatic heterocycles. The van der Waals surface area contributed by atoms with E-state index in [1.54, 1.807) is 0 Å². The van der Waals surface area contributed by atoms with Crippen LogP contribution in [-0.2, 0) is 13.7 Å². The van der Waals surface area contributed by atoms with Crippen LogP contribution >= 0.6 is 15.9 Å². The molecule has 0 saturated heterocycles. The van der Waals surface area contributed by atoms with Gasteiger partial charge in [0.25, 0.3) is 6.43 Å². The number of nitrogens with one attached hydrogen (secondary N) is 1. The van der Waals surface area contributed by atoms with Gasteiger partial charge in [-0.3, -0.25) is 4.57 Å². The normalized spacial score (nSPS) is 10.8. The molecule has 1 N–H and O–H groups in total. The lowest BCUT2D eigenvalue weighted by Crippen LogP contribution is -2.15. The van der Waals surface area contributed by atoms with E-state index in [9.17, 15) is 18.0 Å². The maximum atomic E-state index is 14.9. The Morgan fingerprint density at radius 1 is 1.34 bits per heavy atom. The predicted octanol–water partition coefficient (Wildman–Crippen LogP) is 4.87. The zero-order valence-corrected chi connectivity index (χ0v) is 16.3. The number of hydrogen-bond acceptors (Lipinski definition) is 4. The van der Waals surface area contributed by atoms with Gasteiger partial charge in [-0.2, -0.15) is 9.49 Å². The third kappa shape index (κ3) is 4.43. The Labute approximate surface area is 170 Å². The summed E-state index contributed by atoms with van der Waals surface area (Å²) in [5.41, 5.74) is -0.934. The third-order valence-electron chi connectivity index (χ3n) is 3.86. The molecule has 0 amide bonds. The van der Waals surface area contributed by atoms with E-state index < -0.39 is 23.5 Å². The van der Waals surface area contributed by atoms with E-state index in [1.807, 2.05) is 0 Å². The van der Waals surface area contributed by atoms with Crippen LogP contribution in [0.15, 0.2) is 39.6 Å². The first-order valence-electron chi connectivity index (χ1n) is 7.99. The molecular weight excluding hydrogens is 457 g/mol. The van der Waals surface area contributed by atoms with Crippen molar-refractivity contribution in [1.82, 2.24) is 14.8 Å². The SMILES string of the molecule is [C-]#[N+]c1cc(Oc2c(Br)ccc(OCc3n[nH]c(=O)n3C)c2F)cc(C(F)F)c1. The van der Waals surface area contributed by atoms with Gasteiger partial charge in [-0.05, 0) is 46.3 Å². The fraction of sp³-hybridized carbons (Fsp3) is 0.167. The van der Waals surface area contributed by atoms with Crippen LogP contribution < -0.4 is 15.2 Å². The van der Waals surface area contributed by atoms with Crippen molar-refractivity contribution in [2.45, 2.75) is 13.0 Å². The van der Waals surface area contributed by atoms with Crippen LogP contribution in [0.1, 0.15) is 17.8 Å². The standard InChI is InChI=1S/C18H12BrF3N4O3/c1-23-10-5-9(17(21)22)6-11(7-10)29-16-12(19)3-4-13(15(16)20)28-8-14-24-25-18(27)26(14)2/h3-7,17H,8H2,2H3,(H,25,27). The van der Waals surface area contributed by atoms with E-state index >= 15 is 0 Å². The number of nitrogens with zero attached hydrogens (tertiary/aromatic N) is 3. The first kappa shape index (κ1) is 20.5. The minimum Gasteiger partial charge on any atom is -0.482 e. The maximum Gasteiger partial charge on any atom is 0.343 e. The zero-order valence-electron chi connectivity index (χ0n) is 14.7. The predicted molar refractivity (Wildman–Crippen MR) is 100.0 cm³/mol. The summed E-state index contributed by atoms with van der Waals surface area (Å²) in [6.45, 7) is 6.82. The van der Waals surface area contributed by atoms with Crippen LogP contribution in [0.3, 0.4) is 0 Å². The Morgan fingerprint density at radius 3 is 2.72 bits per heavy atom. The first-order valence-corrected chi connectivity index (χ1v) is 8.79. The van der Waals surface area contributed by atoms with Crippen molar-refractivity contribution in [2.24, 2.45) is 7.05 Å². The van der Waals surface area contributed by atoms with Crippen molar-refractivity contribution < 1.29 is 22.6 Å². The summed E-state index contributed by atoms with van der Waals surface area (Å²) in [6.07, 6.45) is -2.82. The van der Waals surface area contributed by atoms with E-state index in [2.05, 4.69) is 31.0 Å². The molecular formula is C18H12BrF3N4O3. The average molecular weight is 469 g/mol. The second-order valence-electron chi connectivity index (χ2n) is 5.76. The summed E-state index contributed by atoms with van der Waals surface area (Å²) in [5.74, 6) is -1.28. The molecule has 1 aromatic heterocycles. The van der Waals surface area contributed by atoms with E-state index in [1.165, 1.54) is 29.8 Å². The number of aromatic amines is 1. The van der Waals surface area contributed by atoms with Crippen molar-refractivity contribution in [3.63, 3.8) is 0 Å². The van der Waals surface area contributed by atoms with Gasteiger partial charge in [-0.25, -0.2) is 23.5 Å². The van der Waals surface area contributed by atoms with Crippen LogP contribution in [0.2, 0.25) is 0 Å². The van der Waals surface area contributed by atoms with Gasteiger partial charge < -0.3 is 9.47 Å². The van der Waals surface area contributed by atoms with Gasteiger partial charge in [0.2, 0.25) is 5.82 Å². The number of ether oxygens (including phenoxy) is 2. The quantitative estimate of drug-likeness (QED) is 0.523. The van der Waals surface area contributed by atoms with Gasteiger partial charge in [-0.1, -0.05) is 0 Å². The van der Waals surface area contributed by atoms with Crippen LogP contribution in [0.25, 0.3) is 4.85 Å². The molecule has 0 unspecified atom stereocenters. The highest BCUT2D eigenvalue weighted by Gasteiger charge is 2.18. The summed E-state index contributed by atoms with van der Waals surface area (Å²) >= 11 is 3.14. The molecule has 0 spiro atoms. The van der Waals surface area contributed by atoms with Crippen molar-refractivity contribution >= 4 is 21.6 Å². The van der Waals surface area contributed by atoms with E-state index in [4.69, 9.17) is 16.0 Å². The Balaban J connectivity index is 1.89. The lowest BCUT2D eigenvalue weighted by atomic mass is 10.2. The van der Waals surface area contributed by atoms with E-state index in [0.717, 1.165) is 12.1 Å². The van der Waals surface area contributed by atoms with Crippen molar-refractivity contribution in [1.29, 1.82) is 0 Å². The number of benzene rings is 2. The molecule has 0 saturated carbocycles. The Kier molecular flexibility index (Phi) is 5.93. The molecule has 0 bridgehead atoms. The Bertz CT molecular complexity index is 1150. The van der Waals surface area contributed by atoms with Crippen LogP contribution in [0.5, 0.6) is 17.2 Å². The molecule has 1 heterocycles. The third-order valence-corrected chi connectivity index (χ3v) is 4.48. The van der Waals surface area contributed by atoms with Crippen molar-refractivity contribution in [3.8, 4) is 17.2 Å². The molecule has 2 aromatic carbocycles. The summed E-state index contributed by atoms with van der Waals surface area (Å²) in [4.78, 5) is 14.5. The van der Waals surface area contributed by atoms with Gasteiger partial charge in [0, 0.05) is 12.6 Å². The maximum absolute atomic E-state index is 14.9.